The summed E-state index contributed by atoms with van der Waals surface area (Å²) in [4.78, 5) is 33.6. The molecule has 1 N–H and O–H groups in total. The second-order valence-corrected chi connectivity index (χ2v) is 11.5. The van der Waals surface area contributed by atoms with E-state index in [2.05, 4.69) is 0 Å². The van der Waals surface area contributed by atoms with E-state index in [9.17, 15) is 14.7 Å². The molecule has 4 aromatic rings. The fraction of sp³-hybridized carbons (Fsp3) is 0.281. The van der Waals surface area contributed by atoms with Crippen LogP contribution in [0.5, 0.6) is 11.5 Å². The number of fused-ring (bicyclic) bond motifs is 2. The first kappa shape index (κ1) is 26.1. The summed E-state index contributed by atoms with van der Waals surface area (Å²) in [5.74, 6) is -0.301. The average molecular weight is 555 g/mol. The zero-order chi connectivity index (χ0) is 28.1. The highest BCUT2D eigenvalue weighted by Crippen LogP contribution is 2.45. The van der Waals surface area contributed by atoms with Gasteiger partial charge in [-0.25, -0.2) is 4.98 Å². The van der Waals surface area contributed by atoms with Gasteiger partial charge in [0.25, 0.3) is 5.78 Å². The third-order valence-corrected chi connectivity index (χ3v) is 8.29. The molecule has 3 aromatic carbocycles. The van der Waals surface area contributed by atoms with Crippen LogP contribution in [0.25, 0.3) is 16.0 Å². The number of Topliss-reactive ketones (excluding diaryl/α,β-unsaturated/α-hetero) is 1. The first-order valence-corrected chi connectivity index (χ1v) is 14.3. The summed E-state index contributed by atoms with van der Waals surface area (Å²) in [5, 5.41) is 12.0. The number of aliphatic hydroxyl groups excluding tert-OH is 1. The van der Waals surface area contributed by atoms with Crippen LogP contribution in [0.15, 0.2) is 60.2 Å². The van der Waals surface area contributed by atoms with Gasteiger partial charge < -0.3 is 14.6 Å². The Morgan fingerprint density at radius 3 is 2.77 bits per heavy atom. The first-order chi connectivity index (χ1) is 19.2. The van der Waals surface area contributed by atoms with Gasteiger partial charge in [0.05, 0.1) is 28.4 Å². The number of amides is 1. The molecule has 7 nitrogen and oxygen atoms in total. The lowest BCUT2D eigenvalue weighted by Gasteiger charge is -2.23. The van der Waals surface area contributed by atoms with Gasteiger partial charge in [-0.1, -0.05) is 36.5 Å². The monoisotopic (exact) mass is 554 g/mol. The lowest BCUT2D eigenvalue weighted by molar-refractivity contribution is -0.132. The van der Waals surface area contributed by atoms with Crippen LogP contribution in [0.3, 0.4) is 0 Å². The van der Waals surface area contributed by atoms with Gasteiger partial charge in [-0.15, -0.1) is 0 Å². The Morgan fingerprint density at radius 2 is 1.98 bits per heavy atom. The van der Waals surface area contributed by atoms with Crippen molar-refractivity contribution in [2.75, 3.05) is 11.5 Å². The van der Waals surface area contributed by atoms with E-state index in [-0.39, 0.29) is 17.4 Å². The highest BCUT2D eigenvalue weighted by molar-refractivity contribution is 7.22. The lowest BCUT2D eigenvalue weighted by Crippen LogP contribution is -2.29. The minimum absolute atomic E-state index is 0.0247. The standard InChI is InChI=1S/C32H30N2O5S/c1-5-11-38-23-8-6-7-20(16-23)28-26(29(35)21-9-10-24-22(15-21)14-19(4)39-24)30(36)31(37)34(28)32-33-27-18(3)12-17(2)13-25(27)40-32/h6-10,12-13,15-16,19,28,35H,5,11,14H2,1-4H3/b29-26+. The molecule has 3 heterocycles. The fourth-order valence-electron chi connectivity index (χ4n) is 5.53. The SMILES string of the molecule is CCCOc1cccc(C2/C(=C(\O)c3ccc4c(c3)CC(C)O4)C(=O)C(=O)N2c2nc3c(C)cc(C)cc3s2)c1. The molecule has 6 rings (SSSR count). The van der Waals surface area contributed by atoms with Gasteiger partial charge in [0.2, 0.25) is 0 Å². The van der Waals surface area contributed by atoms with Crippen molar-refractivity contribution >= 4 is 44.1 Å². The summed E-state index contributed by atoms with van der Waals surface area (Å²) in [6.45, 7) is 8.55. The number of aliphatic hydroxyl groups is 1. The maximum absolute atomic E-state index is 13.7. The van der Waals surface area contributed by atoms with Crippen molar-refractivity contribution in [2.24, 2.45) is 0 Å². The van der Waals surface area contributed by atoms with E-state index in [1.54, 1.807) is 12.1 Å². The Labute approximate surface area is 236 Å². The number of aromatic nitrogens is 1. The molecule has 0 radical (unpaired) electrons. The number of ether oxygens (including phenoxy) is 2. The van der Waals surface area contributed by atoms with Crippen molar-refractivity contribution in [1.82, 2.24) is 4.98 Å². The summed E-state index contributed by atoms with van der Waals surface area (Å²) in [6.07, 6.45) is 1.58. The third-order valence-electron chi connectivity index (χ3n) is 7.29. The minimum Gasteiger partial charge on any atom is -0.507 e. The summed E-state index contributed by atoms with van der Waals surface area (Å²) < 4.78 is 12.6. The van der Waals surface area contributed by atoms with Crippen LogP contribution in [0.4, 0.5) is 5.13 Å². The van der Waals surface area contributed by atoms with E-state index in [0.717, 1.165) is 39.1 Å². The Kier molecular flexibility index (Phi) is 6.58. The number of hydrogen-bond donors (Lipinski definition) is 1. The molecular weight excluding hydrogens is 524 g/mol. The van der Waals surface area contributed by atoms with E-state index >= 15 is 0 Å². The fourth-order valence-corrected chi connectivity index (χ4v) is 6.69. The van der Waals surface area contributed by atoms with Crippen LogP contribution >= 0.6 is 11.3 Å². The van der Waals surface area contributed by atoms with E-state index in [1.165, 1.54) is 16.2 Å². The molecule has 1 fully saturated rings. The van der Waals surface area contributed by atoms with Crippen LogP contribution < -0.4 is 14.4 Å². The van der Waals surface area contributed by atoms with E-state index in [4.69, 9.17) is 14.5 Å². The highest BCUT2D eigenvalue weighted by atomic mass is 32.1. The molecule has 2 atom stereocenters. The smallest absolute Gasteiger partial charge is 0.301 e. The second kappa shape index (κ2) is 10.1. The number of aryl methyl sites for hydroxylation is 2. The number of carbonyl (C=O) groups excluding carboxylic acids is 2. The molecule has 0 saturated carbocycles. The Balaban J connectivity index is 1.53. The molecule has 40 heavy (non-hydrogen) atoms. The van der Waals surface area contributed by atoms with Crippen molar-refractivity contribution in [1.29, 1.82) is 0 Å². The normalized spacial score (nSPS) is 19.8. The van der Waals surface area contributed by atoms with Crippen LogP contribution in [0.1, 0.15) is 54.1 Å². The number of carbonyl (C=O) groups is 2. The van der Waals surface area contributed by atoms with Crippen LogP contribution in [0.2, 0.25) is 0 Å². The van der Waals surface area contributed by atoms with Crippen LogP contribution in [-0.4, -0.2) is 34.5 Å². The van der Waals surface area contributed by atoms with Gasteiger partial charge in [0.15, 0.2) is 5.13 Å². The Bertz CT molecular complexity index is 1700. The largest absolute Gasteiger partial charge is 0.507 e. The molecule has 2 aliphatic rings. The van der Waals surface area contributed by atoms with Crippen molar-refractivity contribution in [3.63, 3.8) is 0 Å². The zero-order valence-corrected chi connectivity index (χ0v) is 23.7. The lowest BCUT2D eigenvalue weighted by atomic mass is 9.94. The van der Waals surface area contributed by atoms with Gasteiger partial charge in [-0.3, -0.25) is 14.5 Å². The number of thiazole rings is 1. The molecular formula is C32H30N2O5S. The Hall–Kier alpha value is -4.17. The number of hydrogen-bond acceptors (Lipinski definition) is 7. The van der Waals surface area contributed by atoms with E-state index < -0.39 is 17.7 Å². The number of anilines is 1. The average Bonchev–Trinajstić information content (AvgIpc) is 3.59. The van der Waals surface area contributed by atoms with Crippen LogP contribution in [-0.2, 0) is 16.0 Å². The molecule has 204 valence electrons. The van der Waals surface area contributed by atoms with Crippen molar-refractivity contribution < 1.29 is 24.2 Å². The maximum Gasteiger partial charge on any atom is 0.301 e. The molecule has 2 unspecified atom stereocenters. The molecule has 1 amide bonds. The minimum atomic E-state index is -0.879. The first-order valence-electron chi connectivity index (χ1n) is 13.5. The number of benzene rings is 3. The van der Waals surface area contributed by atoms with E-state index in [1.807, 2.05) is 70.2 Å². The quantitative estimate of drug-likeness (QED) is 0.163. The molecule has 2 aliphatic heterocycles. The van der Waals surface area contributed by atoms with Crippen molar-refractivity contribution in [3.05, 3.63) is 88.0 Å². The summed E-state index contributed by atoms with van der Waals surface area (Å²) in [6, 6.07) is 15.9. The van der Waals surface area contributed by atoms with Crippen LogP contribution in [0, 0.1) is 13.8 Å². The molecule has 1 aromatic heterocycles. The van der Waals surface area contributed by atoms with Gasteiger partial charge >= 0.3 is 5.91 Å². The molecule has 0 bridgehead atoms. The van der Waals surface area contributed by atoms with Gasteiger partial charge in [0.1, 0.15) is 23.4 Å². The topological polar surface area (TPSA) is 89.0 Å². The zero-order valence-electron chi connectivity index (χ0n) is 22.9. The Morgan fingerprint density at radius 1 is 1.15 bits per heavy atom. The summed E-state index contributed by atoms with van der Waals surface area (Å²) >= 11 is 1.36. The predicted octanol–water partition coefficient (Wildman–Crippen LogP) is 6.65. The van der Waals surface area contributed by atoms with E-state index in [0.29, 0.717) is 35.0 Å². The highest BCUT2D eigenvalue weighted by Gasteiger charge is 2.48. The molecule has 0 spiro atoms. The van der Waals surface area contributed by atoms with Crippen molar-refractivity contribution in [3.8, 4) is 11.5 Å². The van der Waals surface area contributed by atoms with Gasteiger partial charge in [-0.2, -0.15) is 0 Å². The maximum atomic E-state index is 13.7. The predicted molar refractivity (Wildman–Crippen MR) is 156 cm³/mol. The number of nitrogens with zero attached hydrogens (tertiary/aromatic N) is 2. The molecule has 0 aliphatic carbocycles. The summed E-state index contributed by atoms with van der Waals surface area (Å²) in [7, 11) is 0. The third kappa shape index (κ3) is 4.42. The van der Waals surface area contributed by atoms with Gasteiger partial charge in [0, 0.05) is 12.0 Å². The molecule has 1 saturated heterocycles. The van der Waals surface area contributed by atoms with Crippen molar-refractivity contribution in [2.45, 2.75) is 52.7 Å². The van der Waals surface area contributed by atoms with Gasteiger partial charge in [-0.05, 0) is 85.8 Å². The number of rotatable bonds is 6. The second-order valence-electron chi connectivity index (χ2n) is 10.5. The summed E-state index contributed by atoms with van der Waals surface area (Å²) in [5.41, 5.74) is 4.97. The molecule has 8 heteroatoms. The number of ketones is 1.